The van der Waals surface area contributed by atoms with Crippen LogP contribution >= 0.6 is 22.6 Å². The molecule has 232 valence electrons. The van der Waals surface area contributed by atoms with Crippen LogP contribution < -0.4 is 10.1 Å². The number of alkyl carbamates (subject to hydrolysis) is 1. The van der Waals surface area contributed by atoms with Crippen molar-refractivity contribution in [3.05, 3.63) is 158 Å². The molecule has 7 heteroatoms. The minimum Gasteiger partial charge on any atom is -0.489 e. The molecular weight excluding hydrogens is 689 g/mol. The zero-order valence-electron chi connectivity index (χ0n) is 25.4. The first kappa shape index (κ1) is 31.4. The summed E-state index contributed by atoms with van der Waals surface area (Å²) in [6, 6.07) is 38.9. The van der Waals surface area contributed by atoms with Crippen molar-refractivity contribution in [2.45, 2.75) is 38.5 Å². The smallest absolute Gasteiger partial charge is 0.407 e. The van der Waals surface area contributed by atoms with Gasteiger partial charge >= 0.3 is 12.1 Å². The molecule has 1 N–H and O–H groups in total. The van der Waals surface area contributed by atoms with E-state index >= 15 is 0 Å². The van der Waals surface area contributed by atoms with Gasteiger partial charge in [0.15, 0.2) is 0 Å². The molecule has 0 spiro atoms. The van der Waals surface area contributed by atoms with Crippen LogP contribution in [0, 0.1) is 10.5 Å². The largest absolute Gasteiger partial charge is 0.489 e. The second kappa shape index (κ2) is 14.6. The number of rotatable bonds is 11. The summed E-state index contributed by atoms with van der Waals surface area (Å²) in [5.74, 6) is 0.111. The van der Waals surface area contributed by atoms with E-state index in [1.54, 1.807) is 0 Å². The fourth-order valence-electron chi connectivity index (χ4n) is 5.62. The third-order valence-electron chi connectivity index (χ3n) is 8.10. The molecule has 0 fully saturated rings. The monoisotopic (exact) mass is 723 g/mol. The second-order valence-corrected chi connectivity index (χ2v) is 12.6. The van der Waals surface area contributed by atoms with Gasteiger partial charge < -0.3 is 19.5 Å². The van der Waals surface area contributed by atoms with Gasteiger partial charge in [0.25, 0.3) is 0 Å². The Morgan fingerprint density at radius 1 is 0.696 bits per heavy atom. The normalized spacial score (nSPS) is 12.5. The minimum atomic E-state index is -0.923. The van der Waals surface area contributed by atoms with Crippen LogP contribution in [0.4, 0.5) is 4.79 Å². The zero-order chi connectivity index (χ0) is 31.9. The molecule has 0 radical (unpaired) electrons. The van der Waals surface area contributed by atoms with Gasteiger partial charge in [0.2, 0.25) is 0 Å². The molecule has 0 aliphatic heterocycles. The Kier molecular flexibility index (Phi) is 9.98. The number of benzene rings is 5. The maximum Gasteiger partial charge on any atom is 0.407 e. The summed E-state index contributed by atoms with van der Waals surface area (Å²) < 4.78 is 18.4. The lowest BCUT2D eigenvalue weighted by Gasteiger charge is -2.19. The Labute approximate surface area is 282 Å². The van der Waals surface area contributed by atoms with E-state index in [2.05, 4.69) is 71.2 Å². The molecule has 0 saturated carbocycles. The number of aryl methyl sites for hydroxylation is 1. The van der Waals surface area contributed by atoms with Gasteiger partial charge in [0, 0.05) is 15.9 Å². The zero-order valence-corrected chi connectivity index (χ0v) is 27.6. The molecule has 6 nitrogen and oxygen atoms in total. The van der Waals surface area contributed by atoms with E-state index in [4.69, 9.17) is 14.2 Å². The molecule has 5 aromatic carbocycles. The van der Waals surface area contributed by atoms with Crippen LogP contribution in [0.25, 0.3) is 11.1 Å². The summed E-state index contributed by atoms with van der Waals surface area (Å²) in [6.45, 7) is 2.74. The highest BCUT2D eigenvalue weighted by Gasteiger charge is 2.30. The number of halogens is 1. The summed E-state index contributed by atoms with van der Waals surface area (Å²) in [7, 11) is 0. The van der Waals surface area contributed by atoms with Crippen LogP contribution in [0.15, 0.2) is 121 Å². The van der Waals surface area contributed by atoms with Gasteiger partial charge in [-0.25, -0.2) is 9.59 Å². The van der Waals surface area contributed by atoms with E-state index in [1.807, 2.05) is 84.9 Å². The highest BCUT2D eigenvalue weighted by Crippen LogP contribution is 2.44. The van der Waals surface area contributed by atoms with Gasteiger partial charge in [-0.15, -0.1) is 0 Å². The standard InChI is InChI=1S/C39H34INO5/c1-26-10-12-28(13-11-26)23-44-31-20-16-29(17-21-31)24-45-38(42)37(22-27-14-18-30(40)19-15-27)41-39(43)46-25-36-34-8-4-2-6-32(34)33-7-3-5-9-35(33)36/h2-21,36-37H,22-25H2,1H3,(H,41,43)/t37-/m0/s1. The highest BCUT2D eigenvalue weighted by atomic mass is 127. The molecule has 46 heavy (non-hydrogen) atoms. The van der Waals surface area contributed by atoms with E-state index in [-0.39, 0.29) is 25.6 Å². The number of amides is 1. The fraction of sp³-hybridized carbons (Fsp3) is 0.179. The lowest BCUT2D eigenvalue weighted by atomic mass is 9.98. The van der Waals surface area contributed by atoms with Crippen molar-refractivity contribution < 1.29 is 23.8 Å². The van der Waals surface area contributed by atoms with Gasteiger partial charge in [-0.05, 0) is 92.7 Å². The van der Waals surface area contributed by atoms with Gasteiger partial charge in [-0.2, -0.15) is 0 Å². The lowest BCUT2D eigenvalue weighted by Crippen LogP contribution is -2.43. The molecule has 0 bridgehead atoms. The maximum absolute atomic E-state index is 13.3. The van der Waals surface area contributed by atoms with E-state index in [1.165, 1.54) is 5.56 Å². The summed E-state index contributed by atoms with van der Waals surface area (Å²) >= 11 is 2.23. The van der Waals surface area contributed by atoms with Crippen molar-refractivity contribution >= 4 is 34.7 Å². The first-order valence-electron chi connectivity index (χ1n) is 15.2. The molecule has 0 unspecified atom stereocenters. The first-order chi connectivity index (χ1) is 22.4. The predicted molar refractivity (Wildman–Crippen MR) is 187 cm³/mol. The van der Waals surface area contributed by atoms with Gasteiger partial charge in [-0.1, -0.05) is 103 Å². The van der Waals surface area contributed by atoms with E-state index in [0.29, 0.717) is 6.61 Å². The number of carbonyl (C=O) groups is 2. The van der Waals surface area contributed by atoms with Crippen LogP contribution in [0.2, 0.25) is 0 Å². The molecule has 0 aromatic heterocycles. The summed E-state index contributed by atoms with van der Waals surface area (Å²) in [6.07, 6.45) is -0.393. The Hall–Kier alpha value is -4.63. The summed E-state index contributed by atoms with van der Waals surface area (Å²) in [4.78, 5) is 26.5. The van der Waals surface area contributed by atoms with Crippen molar-refractivity contribution in [1.29, 1.82) is 0 Å². The number of fused-ring (bicyclic) bond motifs is 3. The Morgan fingerprint density at radius 2 is 1.26 bits per heavy atom. The molecule has 1 amide bonds. The molecule has 0 heterocycles. The molecule has 6 rings (SSSR count). The van der Waals surface area contributed by atoms with Gasteiger partial charge in [-0.3, -0.25) is 0 Å². The molecule has 5 aromatic rings. The molecule has 1 aliphatic rings. The SMILES string of the molecule is Cc1ccc(COc2ccc(COC(=O)[C@H](Cc3ccc(I)cc3)NC(=O)OCC3c4ccccc4-c4ccccc43)cc2)cc1. The average Bonchev–Trinajstić information content (AvgIpc) is 3.40. The van der Waals surface area contributed by atoms with Crippen molar-refractivity contribution in [2.75, 3.05) is 6.61 Å². The average molecular weight is 724 g/mol. The molecule has 0 saturated heterocycles. The number of hydrogen-bond donors (Lipinski definition) is 1. The number of esters is 1. The number of ether oxygens (including phenoxy) is 3. The van der Waals surface area contributed by atoms with Crippen LogP contribution in [0.1, 0.15) is 39.3 Å². The molecule has 1 aliphatic carbocycles. The van der Waals surface area contributed by atoms with E-state index < -0.39 is 18.1 Å². The van der Waals surface area contributed by atoms with Crippen molar-refractivity contribution in [2.24, 2.45) is 0 Å². The summed E-state index contributed by atoms with van der Waals surface area (Å²) in [5, 5.41) is 2.78. The maximum atomic E-state index is 13.3. The van der Waals surface area contributed by atoms with Crippen LogP contribution in [-0.2, 0) is 33.9 Å². The fourth-order valence-corrected chi connectivity index (χ4v) is 5.98. The third kappa shape index (κ3) is 7.77. The topological polar surface area (TPSA) is 73.9 Å². The first-order valence-corrected chi connectivity index (χ1v) is 16.3. The Bertz CT molecular complexity index is 1760. The predicted octanol–water partition coefficient (Wildman–Crippen LogP) is 8.37. The Balaban J connectivity index is 1.07. The van der Waals surface area contributed by atoms with Crippen LogP contribution in [-0.4, -0.2) is 24.7 Å². The summed E-state index contributed by atoms with van der Waals surface area (Å²) in [5.41, 5.74) is 8.55. The van der Waals surface area contributed by atoms with Crippen molar-refractivity contribution in [1.82, 2.24) is 5.32 Å². The second-order valence-electron chi connectivity index (χ2n) is 11.4. The van der Waals surface area contributed by atoms with Crippen LogP contribution in [0.5, 0.6) is 5.75 Å². The number of hydrogen-bond acceptors (Lipinski definition) is 5. The molecular formula is C39H34INO5. The number of carbonyl (C=O) groups excluding carboxylic acids is 2. The number of nitrogens with one attached hydrogen (secondary N) is 1. The van der Waals surface area contributed by atoms with Gasteiger partial charge in [0.1, 0.15) is 31.6 Å². The highest BCUT2D eigenvalue weighted by molar-refractivity contribution is 14.1. The Morgan fingerprint density at radius 3 is 1.91 bits per heavy atom. The third-order valence-corrected chi connectivity index (χ3v) is 8.82. The van der Waals surface area contributed by atoms with Crippen molar-refractivity contribution in [3.8, 4) is 16.9 Å². The van der Waals surface area contributed by atoms with E-state index in [9.17, 15) is 9.59 Å². The molecule has 1 atom stereocenters. The lowest BCUT2D eigenvalue weighted by molar-refractivity contribution is -0.147. The van der Waals surface area contributed by atoms with Crippen molar-refractivity contribution in [3.63, 3.8) is 0 Å². The quantitative estimate of drug-likeness (QED) is 0.110. The van der Waals surface area contributed by atoms with Gasteiger partial charge in [0.05, 0.1) is 0 Å². The van der Waals surface area contributed by atoms with E-state index in [0.717, 1.165) is 48.3 Å². The minimum absolute atomic E-state index is 0.0621. The van der Waals surface area contributed by atoms with Crippen LogP contribution in [0.3, 0.4) is 0 Å².